The molecule has 1 aromatic heterocycles. The summed E-state index contributed by atoms with van der Waals surface area (Å²) in [5, 5.41) is 5.87. The standard InChI is InChI=1S/C14H11BrF5N3O2/c1-6-11(15)12(13(17)18)22-23(6)5-10(24)21-8-3-2-7(16)4-9(8)25-14(19)20/h2-4,13-14H,5H2,1H3,(H,21,24). The van der Waals surface area contributed by atoms with Crippen LogP contribution >= 0.6 is 15.9 Å². The summed E-state index contributed by atoms with van der Waals surface area (Å²) in [5.41, 5.74) is -0.424. The Labute approximate surface area is 146 Å². The van der Waals surface area contributed by atoms with Crippen LogP contribution in [0.4, 0.5) is 27.6 Å². The van der Waals surface area contributed by atoms with Crippen LogP contribution in [-0.4, -0.2) is 22.3 Å². The second kappa shape index (κ2) is 7.81. The van der Waals surface area contributed by atoms with E-state index in [0.717, 1.165) is 16.8 Å². The van der Waals surface area contributed by atoms with Crippen LogP contribution in [0.3, 0.4) is 0 Å². The highest BCUT2D eigenvalue weighted by Crippen LogP contribution is 2.30. The molecule has 25 heavy (non-hydrogen) atoms. The van der Waals surface area contributed by atoms with Gasteiger partial charge in [-0.3, -0.25) is 9.48 Å². The molecule has 0 bridgehead atoms. The Morgan fingerprint density at radius 2 is 2.04 bits per heavy atom. The van der Waals surface area contributed by atoms with E-state index in [2.05, 4.69) is 31.1 Å². The number of benzene rings is 1. The number of anilines is 1. The van der Waals surface area contributed by atoms with Crippen LogP contribution in [0.15, 0.2) is 22.7 Å². The molecule has 2 aromatic rings. The van der Waals surface area contributed by atoms with Crippen LogP contribution in [0.25, 0.3) is 0 Å². The fraction of sp³-hybridized carbons (Fsp3) is 0.286. The maximum Gasteiger partial charge on any atom is 0.387 e. The fourth-order valence-electron chi connectivity index (χ4n) is 1.96. The van der Waals surface area contributed by atoms with Crippen LogP contribution in [0.2, 0.25) is 0 Å². The predicted octanol–water partition coefficient (Wildman–Crippen LogP) is 4.27. The van der Waals surface area contributed by atoms with E-state index in [0.29, 0.717) is 6.07 Å². The van der Waals surface area contributed by atoms with E-state index in [1.807, 2.05) is 0 Å². The van der Waals surface area contributed by atoms with Gasteiger partial charge in [0.2, 0.25) is 5.91 Å². The van der Waals surface area contributed by atoms with E-state index in [4.69, 9.17) is 0 Å². The van der Waals surface area contributed by atoms with Crippen molar-refractivity contribution in [3.05, 3.63) is 39.9 Å². The number of aromatic nitrogens is 2. The molecule has 0 atom stereocenters. The Balaban J connectivity index is 2.17. The van der Waals surface area contributed by atoms with Crippen LogP contribution in [0.5, 0.6) is 5.75 Å². The van der Waals surface area contributed by atoms with Crippen molar-refractivity contribution < 1.29 is 31.5 Å². The SMILES string of the molecule is Cc1c(Br)c(C(F)F)nn1CC(=O)Nc1ccc(F)cc1OC(F)F. The third-order valence-corrected chi connectivity index (χ3v) is 4.07. The molecule has 0 spiro atoms. The van der Waals surface area contributed by atoms with Crippen LogP contribution in [0.1, 0.15) is 17.8 Å². The molecule has 11 heteroatoms. The molecule has 0 unspecified atom stereocenters. The Kier molecular flexibility index (Phi) is 5.98. The van der Waals surface area contributed by atoms with Gasteiger partial charge >= 0.3 is 6.61 Å². The van der Waals surface area contributed by atoms with Gasteiger partial charge in [-0.1, -0.05) is 0 Å². The summed E-state index contributed by atoms with van der Waals surface area (Å²) in [4.78, 5) is 12.0. The van der Waals surface area contributed by atoms with E-state index in [1.165, 1.54) is 6.92 Å². The number of ether oxygens (including phenoxy) is 1. The van der Waals surface area contributed by atoms with Crippen LogP contribution in [-0.2, 0) is 11.3 Å². The van der Waals surface area contributed by atoms with E-state index >= 15 is 0 Å². The smallest absolute Gasteiger partial charge is 0.387 e. The lowest BCUT2D eigenvalue weighted by molar-refractivity contribution is -0.117. The zero-order valence-electron chi connectivity index (χ0n) is 12.6. The van der Waals surface area contributed by atoms with Gasteiger partial charge in [-0.25, -0.2) is 13.2 Å². The summed E-state index contributed by atoms with van der Waals surface area (Å²) in [6, 6.07) is 2.67. The maximum atomic E-state index is 13.1. The first-order valence-corrected chi connectivity index (χ1v) is 7.53. The number of nitrogens with zero attached hydrogens (tertiary/aromatic N) is 2. The van der Waals surface area contributed by atoms with Crippen molar-refractivity contribution in [2.24, 2.45) is 0 Å². The second-order valence-electron chi connectivity index (χ2n) is 4.81. The molecule has 0 aliphatic heterocycles. The Bertz CT molecular complexity index is 782. The molecule has 136 valence electrons. The molecule has 0 saturated carbocycles. The maximum absolute atomic E-state index is 13.1. The molecular weight excluding hydrogens is 417 g/mol. The van der Waals surface area contributed by atoms with Gasteiger partial charge in [0.25, 0.3) is 6.43 Å². The van der Waals surface area contributed by atoms with Gasteiger partial charge in [-0.15, -0.1) is 0 Å². The quantitative estimate of drug-likeness (QED) is 0.700. The summed E-state index contributed by atoms with van der Waals surface area (Å²) >= 11 is 2.97. The Morgan fingerprint density at radius 1 is 1.36 bits per heavy atom. The van der Waals surface area contributed by atoms with Gasteiger partial charge in [0, 0.05) is 6.07 Å². The van der Waals surface area contributed by atoms with Gasteiger partial charge in [0.05, 0.1) is 15.9 Å². The minimum absolute atomic E-state index is 0.0683. The van der Waals surface area contributed by atoms with Crippen molar-refractivity contribution in [1.29, 1.82) is 0 Å². The first-order chi connectivity index (χ1) is 11.7. The molecule has 1 N–H and O–H groups in total. The third-order valence-electron chi connectivity index (χ3n) is 3.09. The molecule has 0 aliphatic rings. The van der Waals surface area contributed by atoms with E-state index < -0.39 is 42.7 Å². The van der Waals surface area contributed by atoms with Crippen LogP contribution in [0, 0.1) is 12.7 Å². The highest BCUT2D eigenvalue weighted by Gasteiger charge is 2.21. The number of nitrogens with one attached hydrogen (secondary N) is 1. The number of amides is 1. The van der Waals surface area contributed by atoms with Gasteiger partial charge in [0.1, 0.15) is 18.1 Å². The largest absolute Gasteiger partial charge is 0.432 e. The van der Waals surface area contributed by atoms with Gasteiger partial charge in [-0.05, 0) is 35.0 Å². The zero-order chi connectivity index (χ0) is 18.7. The van der Waals surface area contributed by atoms with Crippen molar-refractivity contribution in [1.82, 2.24) is 9.78 Å². The predicted molar refractivity (Wildman–Crippen MR) is 81.3 cm³/mol. The van der Waals surface area contributed by atoms with Gasteiger partial charge in [-0.2, -0.15) is 13.9 Å². The number of halogens is 6. The zero-order valence-corrected chi connectivity index (χ0v) is 14.2. The molecule has 1 heterocycles. The van der Waals surface area contributed by atoms with E-state index in [-0.39, 0.29) is 15.9 Å². The minimum Gasteiger partial charge on any atom is -0.432 e. The molecule has 0 saturated heterocycles. The number of carbonyl (C=O) groups excluding carboxylic acids is 1. The summed E-state index contributed by atoms with van der Waals surface area (Å²) < 4.78 is 68.6. The van der Waals surface area contributed by atoms with Crippen molar-refractivity contribution in [3.63, 3.8) is 0 Å². The number of hydrogen-bond donors (Lipinski definition) is 1. The van der Waals surface area contributed by atoms with Crippen molar-refractivity contribution in [2.45, 2.75) is 26.5 Å². The van der Waals surface area contributed by atoms with Crippen molar-refractivity contribution in [2.75, 3.05) is 5.32 Å². The van der Waals surface area contributed by atoms with E-state index in [1.54, 1.807) is 0 Å². The highest BCUT2D eigenvalue weighted by atomic mass is 79.9. The monoisotopic (exact) mass is 427 g/mol. The average Bonchev–Trinajstić information content (AvgIpc) is 2.78. The number of alkyl halides is 4. The summed E-state index contributed by atoms with van der Waals surface area (Å²) in [6.45, 7) is -2.20. The first-order valence-electron chi connectivity index (χ1n) is 6.74. The Morgan fingerprint density at radius 3 is 2.60 bits per heavy atom. The second-order valence-corrected chi connectivity index (χ2v) is 5.60. The third kappa shape index (κ3) is 4.68. The van der Waals surface area contributed by atoms with Crippen molar-refractivity contribution in [3.8, 4) is 5.75 Å². The molecule has 2 rings (SSSR count). The molecule has 1 amide bonds. The van der Waals surface area contributed by atoms with Gasteiger partial charge in [0.15, 0.2) is 5.75 Å². The molecule has 0 radical (unpaired) electrons. The normalized spacial score (nSPS) is 11.2. The number of carbonyl (C=O) groups is 1. The number of hydrogen-bond acceptors (Lipinski definition) is 3. The molecule has 1 aromatic carbocycles. The summed E-state index contributed by atoms with van der Waals surface area (Å²) in [6.07, 6.45) is -2.83. The summed E-state index contributed by atoms with van der Waals surface area (Å²) in [5.74, 6) is -2.14. The topological polar surface area (TPSA) is 56.2 Å². The van der Waals surface area contributed by atoms with Gasteiger partial charge < -0.3 is 10.1 Å². The lowest BCUT2D eigenvalue weighted by Gasteiger charge is -2.12. The van der Waals surface area contributed by atoms with E-state index in [9.17, 15) is 26.7 Å². The Hall–Kier alpha value is -2.17. The molecule has 0 aliphatic carbocycles. The molecular formula is C14H11BrF5N3O2. The molecule has 0 fully saturated rings. The van der Waals surface area contributed by atoms with Crippen LogP contribution < -0.4 is 10.1 Å². The molecule has 5 nitrogen and oxygen atoms in total. The average molecular weight is 428 g/mol. The lowest BCUT2D eigenvalue weighted by atomic mass is 10.3. The lowest BCUT2D eigenvalue weighted by Crippen LogP contribution is -2.21. The fourth-order valence-corrected chi connectivity index (χ4v) is 2.42. The number of rotatable bonds is 6. The van der Waals surface area contributed by atoms with Crippen molar-refractivity contribution >= 4 is 27.5 Å². The highest BCUT2D eigenvalue weighted by molar-refractivity contribution is 9.10. The minimum atomic E-state index is -3.21. The summed E-state index contributed by atoms with van der Waals surface area (Å²) in [7, 11) is 0. The first kappa shape index (κ1) is 19.2.